The van der Waals surface area contributed by atoms with Gasteiger partial charge in [-0.1, -0.05) is 25.1 Å². The van der Waals surface area contributed by atoms with Crippen molar-refractivity contribution in [2.24, 2.45) is 0 Å². The molecule has 0 fully saturated rings. The van der Waals surface area contributed by atoms with Crippen LogP contribution in [0.25, 0.3) is 10.8 Å². The van der Waals surface area contributed by atoms with Crippen molar-refractivity contribution in [1.29, 1.82) is 0 Å². The van der Waals surface area contributed by atoms with Crippen molar-refractivity contribution in [2.75, 3.05) is 12.4 Å². The Morgan fingerprint density at radius 1 is 1.21 bits per heavy atom. The first-order valence-corrected chi connectivity index (χ1v) is 9.27. The molecule has 3 aromatic rings. The molecule has 1 aromatic heterocycles. The molecule has 0 saturated heterocycles. The van der Waals surface area contributed by atoms with Gasteiger partial charge >= 0.3 is 6.03 Å². The summed E-state index contributed by atoms with van der Waals surface area (Å²) >= 11 is 0. The van der Waals surface area contributed by atoms with Crippen molar-refractivity contribution >= 4 is 22.5 Å². The van der Waals surface area contributed by atoms with E-state index < -0.39 is 0 Å². The smallest absolute Gasteiger partial charge is 0.322 e. The van der Waals surface area contributed by atoms with Crippen LogP contribution in [0.4, 0.5) is 14.9 Å². The molecular weight excluding hydrogens is 357 g/mol. The lowest BCUT2D eigenvalue weighted by atomic mass is 9.97. The Balaban J connectivity index is 1.95. The Morgan fingerprint density at radius 3 is 2.54 bits per heavy atom. The second-order valence-electron chi connectivity index (χ2n) is 6.93. The molecule has 5 nitrogen and oxygen atoms in total. The van der Waals surface area contributed by atoms with E-state index in [4.69, 9.17) is 0 Å². The van der Waals surface area contributed by atoms with Crippen LogP contribution >= 0.6 is 0 Å². The Kier molecular flexibility index (Phi) is 5.49. The molecule has 6 heteroatoms. The van der Waals surface area contributed by atoms with Crippen molar-refractivity contribution in [3.63, 3.8) is 0 Å². The van der Waals surface area contributed by atoms with Gasteiger partial charge in [0.25, 0.3) is 5.56 Å². The van der Waals surface area contributed by atoms with Crippen molar-refractivity contribution < 1.29 is 9.18 Å². The van der Waals surface area contributed by atoms with Gasteiger partial charge < -0.3 is 15.2 Å². The molecule has 0 radical (unpaired) electrons. The molecule has 2 N–H and O–H groups in total. The number of nitrogens with one attached hydrogen (secondary N) is 2. The first-order valence-electron chi connectivity index (χ1n) is 9.27. The molecule has 0 spiro atoms. The van der Waals surface area contributed by atoms with E-state index in [0.29, 0.717) is 23.1 Å². The number of carbonyl (C=O) groups is 1. The number of anilines is 1. The molecule has 28 heavy (non-hydrogen) atoms. The van der Waals surface area contributed by atoms with E-state index in [9.17, 15) is 14.0 Å². The van der Waals surface area contributed by atoms with Crippen LogP contribution in [0.2, 0.25) is 0 Å². The number of benzene rings is 2. The predicted molar refractivity (Wildman–Crippen MR) is 110 cm³/mol. The van der Waals surface area contributed by atoms with E-state index in [-0.39, 0.29) is 23.4 Å². The number of fused-ring (bicyclic) bond motifs is 1. The number of aromatic amines is 1. The molecule has 146 valence electrons. The lowest BCUT2D eigenvalue weighted by Crippen LogP contribution is -2.34. The zero-order chi connectivity index (χ0) is 20.4. The maximum atomic E-state index is 13.5. The van der Waals surface area contributed by atoms with Crippen LogP contribution in [-0.4, -0.2) is 23.0 Å². The molecule has 2 amide bonds. The average molecular weight is 381 g/mol. The number of amides is 2. The molecule has 0 unspecified atom stereocenters. The van der Waals surface area contributed by atoms with Crippen LogP contribution in [0.3, 0.4) is 0 Å². The van der Waals surface area contributed by atoms with Crippen molar-refractivity contribution in [3.05, 3.63) is 75.5 Å². The van der Waals surface area contributed by atoms with E-state index in [0.717, 1.165) is 16.6 Å². The molecule has 0 aliphatic rings. The van der Waals surface area contributed by atoms with Gasteiger partial charge in [-0.25, -0.2) is 9.18 Å². The van der Waals surface area contributed by atoms with Crippen molar-refractivity contribution in [3.8, 4) is 0 Å². The molecular formula is C22H24FN3O2. The minimum Gasteiger partial charge on any atom is -0.325 e. The highest BCUT2D eigenvalue weighted by atomic mass is 19.1. The number of urea groups is 1. The Labute approximate surface area is 163 Å². The quantitative estimate of drug-likeness (QED) is 0.684. The number of carbonyl (C=O) groups excluding carboxylic acids is 1. The minimum atomic E-state index is -0.313. The third-order valence-electron chi connectivity index (χ3n) is 5.13. The molecule has 0 bridgehead atoms. The van der Waals surface area contributed by atoms with E-state index in [2.05, 4.69) is 10.3 Å². The zero-order valence-electron chi connectivity index (χ0n) is 16.5. The van der Waals surface area contributed by atoms with Gasteiger partial charge in [-0.2, -0.15) is 0 Å². The second kappa shape index (κ2) is 7.84. The molecule has 0 aliphatic heterocycles. The third kappa shape index (κ3) is 3.63. The summed E-state index contributed by atoms with van der Waals surface area (Å²) in [6.07, 6.45) is 0.645. The van der Waals surface area contributed by atoms with Crippen molar-refractivity contribution in [1.82, 2.24) is 9.88 Å². The Hall–Kier alpha value is -3.15. The fourth-order valence-electron chi connectivity index (χ4n) is 3.41. The van der Waals surface area contributed by atoms with Crippen LogP contribution < -0.4 is 10.9 Å². The SMILES string of the molecule is CCc1[nH]c(=O)c2ccccc2c1[C@H](C)N(C)C(=O)Nc1ccc(F)c(C)c1. The summed E-state index contributed by atoms with van der Waals surface area (Å²) in [4.78, 5) is 29.7. The minimum absolute atomic E-state index is 0.128. The van der Waals surface area contributed by atoms with E-state index in [1.807, 2.05) is 32.0 Å². The van der Waals surface area contributed by atoms with Gasteiger partial charge in [0.1, 0.15) is 5.82 Å². The fraction of sp³-hybridized carbons (Fsp3) is 0.273. The molecule has 0 saturated carbocycles. The summed E-state index contributed by atoms with van der Waals surface area (Å²) < 4.78 is 13.5. The number of H-pyrrole nitrogens is 1. The van der Waals surface area contributed by atoms with Gasteiger partial charge in [0.05, 0.1) is 6.04 Å². The van der Waals surface area contributed by atoms with Gasteiger partial charge in [-0.3, -0.25) is 4.79 Å². The van der Waals surface area contributed by atoms with Crippen LogP contribution in [-0.2, 0) is 6.42 Å². The summed E-state index contributed by atoms with van der Waals surface area (Å²) in [5.41, 5.74) is 2.61. The number of aryl methyl sites for hydroxylation is 2. The number of nitrogens with zero attached hydrogens (tertiary/aromatic N) is 1. The lowest BCUT2D eigenvalue weighted by molar-refractivity contribution is 0.208. The maximum Gasteiger partial charge on any atom is 0.322 e. The van der Waals surface area contributed by atoms with Crippen LogP contribution in [0.1, 0.15) is 36.7 Å². The Morgan fingerprint density at radius 2 is 1.89 bits per heavy atom. The Bertz CT molecular complexity index is 1090. The van der Waals surface area contributed by atoms with Gasteiger partial charge in [0.15, 0.2) is 0 Å². The first-order chi connectivity index (χ1) is 13.3. The number of rotatable bonds is 4. The first kappa shape index (κ1) is 19.6. The molecule has 0 aliphatic carbocycles. The fourth-order valence-corrected chi connectivity index (χ4v) is 3.41. The summed E-state index contributed by atoms with van der Waals surface area (Å²) in [5.74, 6) is -0.313. The van der Waals surface area contributed by atoms with Gasteiger partial charge in [-0.15, -0.1) is 0 Å². The van der Waals surface area contributed by atoms with E-state index in [1.54, 1.807) is 31.0 Å². The predicted octanol–water partition coefficient (Wildman–Crippen LogP) is 4.76. The standard InChI is InChI=1S/C22H24FN3O2/c1-5-19-20(16-8-6-7-9-17(16)21(27)25-19)14(3)26(4)22(28)24-15-10-11-18(23)13(2)12-15/h6-12,14H,5H2,1-4H3,(H,24,28)(H,25,27)/t14-/m0/s1. The lowest BCUT2D eigenvalue weighted by Gasteiger charge is -2.28. The highest BCUT2D eigenvalue weighted by Gasteiger charge is 2.23. The number of pyridine rings is 1. The summed E-state index contributed by atoms with van der Waals surface area (Å²) in [6, 6.07) is 11.3. The summed E-state index contributed by atoms with van der Waals surface area (Å²) in [5, 5.41) is 4.25. The summed E-state index contributed by atoms with van der Waals surface area (Å²) in [6.45, 7) is 5.55. The van der Waals surface area contributed by atoms with Crippen LogP contribution in [0.5, 0.6) is 0 Å². The topological polar surface area (TPSA) is 65.2 Å². The van der Waals surface area contributed by atoms with Crippen LogP contribution in [0, 0.1) is 12.7 Å². The van der Waals surface area contributed by atoms with Gasteiger partial charge in [-0.05, 0) is 55.5 Å². The number of hydrogen-bond donors (Lipinski definition) is 2. The molecule has 1 atom stereocenters. The average Bonchev–Trinajstić information content (AvgIpc) is 2.69. The van der Waals surface area contributed by atoms with E-state index in [1.165, 1.54) is 12.1 Å². The largest absolute Gasteiger partial charge is 0.325 e. The van der Waals surface area contributed by atoms with E-state index >= 15 is 0 Å². The van der Waals surface area contributed by atoms with Crippen LogP contribution in [0.15, 0.2) is 47.3 Å². The highest BCUT2D eigenvalue weighted by Crippen LogP contribution is 2.29. The maximum absolute atomic E-state index is 13.5. The molecule has 3 rings (SSSR count). The second-order valence-corrected chi connectivity index (χ2v) is 6.93. The normalized spacial score (nSPS) is 12.0. The molecule has 2 aromatic carbocycles. The third-order valence-corrected chi connectivity index (χ3v) is 5.13. The number of hydrogen-bond acceptors (Lipinski definition) is 2. The zero-order valence-corrected chi connectivity index (χ0v) is 16.5. The number of aromatic nitrogens is 1. The summed E-state index contributed by atoms with van der Waals surface area (Å²) in [7, 11) is 1.70. The highest BCUT2D eigenvalue weighted by molar-refractivity contribution is 5.91. The number of halogens is 1. The van der Waals surface area contributed by atoms with Gasteiger partial charge in [0.2, 0.25) is 0 Å². The molecule has 1 heterocycles. The van der Waals surface area contributed by atoms with Crippen molar-refractivity contribution in [2.45, 2.75) is 33.2 Å². The van der Waals surface area contributed by atoms with Gasteiger partial charge in [0, 0.05) is 29.4 Å². The monoisotopic (exact) mass is 381 g/mol.